The molecule has 0 amide bonds. The summed E-state index contributed by atoms with van der Waals surface area (Å²) in [6, 6.07) is 5.78. The molecular weight excluding hydrogens is 264 g/mol. The molecule has 0 aromatic heterocycles. The topological polar surface area (TPSA) is 74.0 Å². The van der Waals surface area contributed by atoms with Gasteiger partial charge in [0.05, 0.1) is 18.1 Å². The molecule has 1 aromatic carbocycles. The molecule has 0 fully saturated rings. The number of amidine groups is 1. The molecule has 1 aliphatic heterocycles. The molecule has 19 heavy (non-hydrogen) atoms. The number of hydrogen-bond donors (Lipinski definition) is 1. The van der Waals surface area contributed by atoms with Gasteiger partial charge in [-0.25, -0.2) is 13.4 Å². The molecule has 5 nitrogen and oxygen atoms in total. The molecule has 1 aromatic rings. The highest BCUT2D eigenvalue weighted by Gasteiger charge is 2.09. The fourth-order valence-electron chi connectivity index (χ4n) is 1.51. The largest absolute Gasteiger partial charge is 0.744 e. The van der Waals surface area contributed by atoms with Crippen molar-refractivity contribution in [3.63, 3.8) is 0 Å². The Kier molecular flexibility index (Phi) is 5.41. The number of quaternary nitrogens is 1. The Labute approximate surface area is 114 Å². The Morgan fingerprint density at radius 2 is 1.84 bits per heavy atom. The Balaban J connectivity index is 0.000000200. The first-order valence-corrected chi connectivity index (χ1v) is 7.35. The van der Waals surface area contributed by atoms with Gasteiger partial charge in [0.1, 0.15) is 16.3 Å². The molecular formula is C13H18N2O3S. The minimum absolute atomic E-state index is 0.178. The lowest BCUT2D eigenvalue weighted by Crippen LogP contribution is -3.06. The van der Waals surface area contributed by atoms with Gasteiger partial charge in [0.2, 0.25) is 5.84 Å². The summed E-state index contributed by atoms with van der Waals surface area (Å²) in [5.41, 5.74) is 0.928. The fourth-order valence-corrected chi connectivity index (χ4v) is 1.98. The molecule has 6 heteroatoms. The molecule has 0 saturated heterocycles. The van der Waals surface area contributed by atoms with E-state index in [9.17, 15) is 13.0 Å². The quantitative estimate of drug-likeness (QED) is 0.811. The van der Waals surface area contributed by atoms with Crippen LogP contribution in [-0.2, 0) is 10.1 Å². The van der Waals surface area contributed by atoms with E-state index in [0.29, 0.717) is 0 Å². The van der Waals surface area contributed by atoms with Crippen molar-refractivity contribution in [2.45, 2.75) is 25.2 Å². The van der Waals surface area contributed by atoms with Gasteiger partial charge in [-0.1, -0.05) is 24.6 Å². The van der Waals surface area contributed by atoms with Gasteiger partial charge >= 0.3 is 0 Å². The van der Waals surface area contributed by atoms with E-state index in [4.69, 9.17) is 0 Å². The van der Waals surface area contributed by atoms with Crippen LogP contribution in [0.3, 0.4) is 0 Å². The molecule has 1 N–H and O–H groups in total. The predicted octanol–water partition coefficient (Wildman–Crippen LogP) is 0.694. The first-order valence-electron chi connectivity index (χ1n) is 5.94. The normalized spacial score (nSPS) is 17.7. The third kappa shape index (κ3) is 4.94. The van der Waals surface area contributed by atoms with Gasteiger partial charge in [0.15, 0.2) is 0 Å². The van der Waals surface area contributed by atoms with Gasteiger partial charge in [-0.15, -0.1) is 0 Å². The van der Waals surface area contributed by atoms with Crippen LogP contribution in [0.5, 0.6) is 0 Å². The van der Waals surface area contributed by atoms with Gasteiger partial charge in [-0.3, -0.25) is 4.90 Å². The lowest BCUT2D eigenvalue weighted by molar-refractivity contribution is -0.719. The molecule has 1 aliphatic rings. The molecule has 0 bridgehead atoms. The molecule has 1 atom stereocenters. The van der Waals surface area contributed by atoms with E-state index in [1.165, 1.54) is 22.9 Å². The summed E-state index contributed by atoms with van der Waals surface area (Å²) in [4.78, 5) is 5.27. The monoisotopic (exact) mass is 282 g/mol. The molecule has 1 unspecified atom stereocenters. The van der Waals surface area contributed by atoms with Crippen LogP contribution in [0, 0.1) is 6.92 Å². The van der Waals surface area contributed by atoms with Gasteiger partial charge in [0, 0.05) is 6.42 Å². The van der Waals surface area contributed by atoms with E-state index < -0.39 is 10.1 Å². The van der Waals surface area contributed by atoms with Gasteiger partial charge in [-0.05, 0) is 19.1 Å². The number of nitrogens with zero attached hydrogens (tertiary/aromatic N) is 1. The van der Waals surface area contributed by atoms with Gasteiger partial charge < -0.3 is 4.55 Å². The highest BCUT2D eigenvalue weighted by atomic mass is 32.2. The van der Waals surface area contributed by atoms with Crippen molar-refractivity contribution in [3.05, 3.63) is 42.2 Å². The summed E-state index contributed by atoms with van der Waals surface area (Å²) in [6.07, 6.45) is 4.95. The Morgan fingerprint density at radius 3 is 2.16 bits per heavy atom. The molecule has 1 heterocycles. The van der Waals surface area contributed by atoms with Crippen molar-refractivity contribution in [1.82, 2.24) is 0 Å². The van der Waals surface area contributed by atoms with Crippen LogP contribution in [0.4, 0.5) is 0 Å². The van der Waals surface area contributed by atoms with Gasteiger partial charge in [0.25, 0.3) is 0 Å². The van der Waals surface area contributed by atoms with Crippen LogP contribution in [0.2, 0.25) is 0 Å². The average Bonchev–Trinajstić information content (AvgIpc) is 2.75. The smallest absolute Gasteiger partial charge is 0.205 e. The van der Waals surface area contributed by atoms with Gasteiger partial charge in [-0.2, -0.15) is 0 Å². The van der Waals surface area contributed by atoms with E-state index in [1.54, 1.807) is 12.1 Å². The predicted molar refractivity (Wildman–Crippen MR) is 72.9 cm³/mol. The number of hydrogen-bond acceptors (Lipinski definition) is 4. The third-order valence-corrected chi connectivity index (χ3v) is 3.50. The second-order valence-corrected chi connectivity index (χ2v) is 5.57. The van der Waals surface area contributed by atoms with E-state index in [0.717, 1.165) is 12.0 Å². The number of rotatable bonds is 2. The van der Waals surface area contributed by atoms with Crippen molar-refractivity contribution in [2.24, 2.45) is 4.99 Å². The summed E-state index contributed by atoms with van der Waals surface area (Å²) in [6.45, 7) is 3.94. The van der Waals surface area contributed by atoms with Crippen LogP contribution in [0.25, 0.3) is 0 Å². The van der Waals surface area contributed by atoms with Crippen LogP contribution in [0.15, 0.2) is 46.6 Å². The molecule has 0 spiro atoms. The summed E-state index contributed by atoms with van der Waals surface area (Å²) < 4.78 is 31.2. The molecule has 0 radical (unpaired) electrons. The summed E-state index contributed by atoms with van der Waals surface area (Å²) in [5, 5.41) is 0. The number of nitrogens with one attached hydrogen (secondary N) is 1. The highest BCUT2D eigenvalue weighted by Crippen LogP contribution is 2.08. The van der Waals surface area contributed by atoms with Crippen LogP contribution in [-0.4, -0.2) is 25.9 Å². The maximum absolute atomic E-state index is 10.4. The van der Waals surface area contributed by atoms with Crippen LogP contribution < -0.4 is 4.90 Å². The Morgan fingerprint density at radius 1 is 1.26 bits per heavy atom. The first kappa shape index (κ1) is 15.6. The number of aliphatic imine (C=N–C) groups is 1. The third-order valence-electron chi connectivity index (χ3n) is 2.65. The van der Waals surface area contributed by atoms with Crippen molar-refractivity contribution >= 4 is 16.0 Å². The second-order valence-electron chi connectivity index (χ2n) is 4.20. The zero-order valence-corrected chi connectivity index (χ0v) is 12.1. The zero-order valence-electron chi connectivity index (χ0n) is 11.3. The summed E-state index contributed by atoms with van der Waals surface area (Å²) >= 11 is 0. The minimum atomic E-state index is -4.27. The van der Waals surface area contributed by atoms with Crippen LogP contribution >= 0.6 is 0 Å². The van der Waals surface area contributed by atoms with E-state index in [2.05, 4.69) is 19.0 Å². The lowest BCUT2D eigenvalue weighted by atomic mass is 10.2. The molecule has 2 rings (SSSR count). The Hall–Kier alpha value is -1.50. The molecule has 0 aliphatic carbocycles. The summed E-state index contributed by atoms with van der Waals surface area (Å²) in [5.74, 6) is 1.23. The standard InChI is InChI=1S/C7H8O3S.C6H10N2/c1-6-2-4-7(5-3-6)11(8,9)10;1-3-6-7-4-5-8(6)2/h2-5H,1H3,(H,8,9,10);4-5H,3H2,1-2H3. The zero-order chi connectivity index (χ0) is 14.5. The van der Waals surface area contributed by atoms with Crippen LogP contribution in [0.1, 0.15) is 18.9 Å². The van der Waals surface area contributed by atoms with Crippen molar-refractivity contribution in [1.29, 1.82) is 0 Å². The number of aryl methyl sites for hydroxylation is 1. The van der Waals surface area contributed by atoms with E-state index in [-0.39, 0.29) is 4.90 Å². The van der Waals surface area contributed by atoms with E-state index in [1.807, 2.05) is 19.3 Å². The SMILES string of the molecule is CCC1=NC=C[NH+]1C.Cc1ccc(S(=O)(=O)[O-])cc1. The average molecular weight is 282 g/mol. The number of benzene rings is 1. The lowest BCUT2D eigenvalue weighted by Gasteiger charge is -2.05. The minimum Gasteiger partial charge on any atom is -0.744 e. The maximum Gasteiger partial charge on any atom is 0.205 e. The molecule has 104 valence electrons. The fraction of sp³-hybridized carbons (Fsp3) is 0.308. The van der Waals surface area contributed by atoms with E-state index >= 15 is 0 Å². The first-order chi connectivity index (χ1) is 8.84. The highest BCUT2D eigenvalue weighted by molar-refractivity contribution is 7.85. The Bertz CT molecular complexity index is 574. The van der Waals surface area contributed by atoms with Crippen molar-refractivity contribution in [2.75, 3.05) is 7.05 Å². The molecule has 0 saturated carbocycles. The van der Waals surface area contributed by atoms with Crippen molar-refractivity contribution in [3.8, 4) is 0 Å². The maximum atomic E-state index is 10.4. The second kappa shape index (κ2) is 6.60. The van der Waals surface area contributed by atoms with Crippen molar-refractivity contribution < 1.29 is 17.9 Å². The summed E-state index contributed by atoms with van der Waals surface area (Å²) in [7, 11) is -2.18.